The van der Waals surface area contributed by atoms with Gasteiger partial charge in [-0.3, -0.25) is 4.98 Å². The van der Waals surface area contributed by atoms with E-state index < -0.39 is 23.5 Å². The van der Waals surface area contributed by atoms with Crippen molar-refractivity contribution in [2.75, 3.05) is 0 Å². The quantitative estimate of drug-likeness (QED) is 0.529. The van der Waals surface area contributed by atoms with E-state index in [-0.39, 0.29) is 11.5 Å². The SMILES string of the molecule is Cc1cc2cc(OC(=O)OC(C)(C)C)c(OC(=O)OC(C)(C)C)cc2cn1. The number of rotatable bonds is 2. The van der Waals surface area contributed by atoms with Gasteiger partial charge in [-0.05, 0) is 72.1 Å². The van der Waals surface area contributed by atoms with Crippen LogP contribution >= 0.6 is 0 Å². The number of pyridine rings is 1. The molecule has 0 aliphatic rings. The van der Waals surface area contributed by atoms with Crippen LogP contribution < -0.4 is 9.47 Å². The molecule has 0 atom stereocenters. The number of aromatic nitrogens is 1. The maximum absolute atomic E-state index is 12.1. The van der Waals surface area contributed by atoms with Gasteiger partial charge in [0.2, 0.25) is 0 Å². The zero-order valence-corrected chi connectivity index (χ0v) is 16.7. The normalized spacial score (nSPS) is 11.8. The minimum Gasteiger partial charge on any atom is -0.428 e. The molecule has 0 N–H and O–H groups in total. The van der Waals surface area contributed by atoms with Gasteiger partial charge < -0.3 is 18.9 Å². The van der Waals surface area contributed by atoms with Crippen molar-refractivity contribution in [2.45, 2.75) is 59.7 Å². The van der Waals surface area contributed by atoms with Crippen molar-refractivity contribution < 1.29 is 28.5 Å². The highest BCUT2D eigenvalue weighted by molar-refractivity contribution is 5.87. The largest absolute Gasteiger partial charge is 0.514 e. The van der Waals surface area contributed by atoms with Crippen molar-refractivity contribution in [1.29, 1.82) is 0 Å². The van der Waals surface area contributed by atoms with E-state index in [1.54, 1.807) is 59.9 Å². The van der Waals surface area contributed by atoms with Crippen molar-refractivity contribution in [3.05, 3.63) is 30.1 Å². The van der Waals surface area contributed by atoms with Crippen LogP contribution in [0.5, 0.6) is 11.5 Å². The molecule has 7 heteroatoms. The highest BCUT2D eigenvalue weighted by atomic mass is 16.8. The number of aryl methyl sites for hydroxylation is 1. The van der Waals surface area contributed by atoms with E-state index >= 15 is 0 Å². The first-order valence-electron chi connectivity index (χ1n) is 8.54. The summed E-state index contributed by atoms with van der Waals surface area (Å²) in [5, 5.41) is 1.49. The number of benzene rings is 1. The van der Waals surface area contributed by atoms with Crippen molar-refractivity contribution in [2.24, 2.45) is 0 Å². The van der Waals surface area contributed by atoms with Crippen LogP contribution in [-0.4, -0.2) is 28.5 Å². The summed E-state index contributed by atoms with van der Waals surface area (Å²) in [7, 11) is 0. The summed E-state index contributed by atoms with van der Waals surface area (Å²) in [6.45, 7) is 12.2. The van der Waals surface area contributed by atoms with Gasteiger partial charge >= 0.3 is 12.3 Å². The third-order valence-electron chi connectivity index (χ3n) is 3.09. The lowest BCUT2D eigenvalue weighted by Crippen LogP contribution is -2.27. The predicted octanol–water partition coefficient (Wildman–Crippen LogP) is 5.17. The molecule has 2 rings (SSSR count). The number of hydrogen-bond donors (Lipinski definition) is 0. The van der Waals surface area contributed by atoms with Crippen LogP contribution in [0.3, 0.4) is 0 Å². The Balaban J connectivity index is 2.38. The highest BCUT2D eigenvalue weighted by Gasteiger charge is 2.23. The Labute approximate surface area is 158 Å². The molecule has 146 valence electrons. The molecule has 0 saturated heterocycles. The fourth-order valence-corrected chi connectivity index (χ4v) is 2.14. The van der Waals surface area contributed by atoms with Gasteiger partial charge in [-0.2, -0.15) is 0 Å². The van der Waals surface area contributed by atoms with Crippen molar-refractivity contribution >= 4 is 23.1 Å². The Bertz CT molecular complexity index is 861. The van der Waals surface area contributed by atoms with Crippen molar-refractivity contribution in [3.63, 3.8) is 0 Å². The van der Waals surface area contributed by atoms with E-state index in [1.165, 1.54) is 0 Å². The summed E-state index contributed by atoms with van der Waals surface area (Å²) in [5.74, 6) is 0.0847. The smallest absolute Gasteiger partial charge is 0.428 e. The van der Waals surface area contributed by atoms with E-state index in [0.29, 0.717) is 0 Å². The maximum atomic E-state index is 12.1. The second-order valence-electron chi connectivity index (χ2n) is 8.10. The van der Waals surface area contributed by atoms with Gasteiger partial charge in [-0.15, -0.1) is 0 Å². The Morgan fingerprint density at radius 1 is 0.778 bits per heavy atom. The van der Waals surface area contributed by atoms with Crippen LogP contribution in [0.2, 0.25) is 0 Å². The van der Waals surface area contributed by atoms with E-state index in [4.69, 9.17) is 18.9 Å². The summed E-state index contributed by atoms with van der Waals surface area (Å²) in [5.41, 5.74) is -0.647. The molecule has 0 spiro atoms. The monoisotopic (exact) mass is 375 g/mol. The lowest BCUT2D eigenvalue weighted by atomic mass is 10.1. The van der Waals surface area contributed by atoms with Crippen LogP contribution in [0.25, 0.3) is 10.8 Å². The fourth-order valence-electron chi connectivity index (χ4n) is 2.14. The molecule has 0 bridgehead atoms. The molecule has 0 aliphatic heterocycles. The molecule has 0 radical (unpaired) electrons. The van der Waals surface area contributed by atoms with E-state index in [1.807, 2.05) is 13.0 Å². The first-order chi connectivity index (χ1) is 12.3. The molecule has 0 saturated carbocycles. The fraction of sp³-hybridized carbons (Fsp3) is 0.450. The van der Waals surface area contributed by atoms with Crippen LogP contribution in [-0.2, 0) is 9.47 Å². The standard InChI is InChI=1S/C20H25NO6/c1-12-8-13-9-15(24-17(22)26-19(2,3)4)16(10-14(13)11-21-12)25-18(23)27-20(5,6)7/h8-11H,1-7H3. The van der Waals surface area contributed by atoms with Gasteiger partial charge in [0.25, 0.3) is 0 Å². The van der Waals surface area contributed by atoms with Crippen LogP contribution in [0.1, 0.15) is 47.2 Å². The summed E-state index contributed by atoms with van der Waals surface area (Å²) < 4.78 is 20.9. The van der Waals surface area contributed by atoms with Gasteiger partial charge in [0.15, 0.2) is 11.5 Å². The molecule has 27 heavy (non-hydrogen) atoms. The van der Waals surface area contributed by atoms with Gasteiger partial charge in [-0.1, -0.05) is 0 Å². The summed E-state index contributed by atoms with van der Waals surface area (Å²) in [4.78, 5) is 28.3. The number of carbonyl (C=O) groups is 2. The first-order valence-corrected chi connectivity index (χ1v) is 8.54. The lowest BCUT2D eigenvalue weighted by Gasteiger charge is -2.21. The molecule has 0 aliphatic carbocycles. The number of fused-ring (bicyclic) bond motifs is 1. The third-order valence-corrected chi connectivity index (χ3v) is 3.09. The molecule has 0 amide bonds. The Morgan fingerprint density at radius 2 is 1.22 bits per heavy atom. The maximum Gasteiger partial charge on any atom is 0.514 e. The molecule has 7 nitrogen and oxygen atoms in total. The second-order valence-corrected chi connectivity index (χ2v) is 8.10. The molecule has 1 aromatic carbocycles. The molecule has 1 aromatic heterocycles. The third kappa shape index (κ3) is 6.44. The molecule has 1 heterocycles. The van der Waals surface area contributed by atoms with Gasteiger partial charge in [0.1, 0.15) is 11.2 Å². The van der Waals surface area contributed by atoms with Crippen molar-refractivity contribution in [1.82, 2.24) is 4.98 Å². The average molecular weight is 375 g/mol. The number of nitrogens with zero attached hydrogens (tertiary/aromatic N) is 1. The molecule has 2 aromatic rings. The van der Waals surface area contributed by atoms with Gasteiger partial charge in [0, 0.05) is 17.3 Å². The summed E-state index contributed by atoms with van der Waals surface area (Å²) >= 11 is 0. The number of carbonyl (C=O) groups excluding carboxylic acids is 2. The Kier molecular flexibility index (Phi) is 5.63. The van der Waals surface area contributed by atoms with Gasteiger partial charge in [0.05, 0.1) is 0 Å². The minimum absolute atomic E-state index is 0.0354. The Morgan fingerprint density at radius 3 is 1.67 bits per heavy atom. The highest BCUT2D eigenvalue weighted by Crippen LogP contribution is 2.34. The topological polar surface area (TPSA) is 84.0 Å². The zero-order chi connectivity index (χ0) is 20.4. The second kappa shape index (κ2) is 7.42. The van der Waals surface area contributed by atoms with E-state index in [9.17, 15) is 9.59 Å². The van der Waals surface area contributed by atoms with Crippen LogP contribution in [0, 0.1) is 6.92 Å². The summed E-state index contributed by atoms with van der Waals surface area (Å²) in [6.07, 6.45) is -0.165. The van der Waals surface area contributed by atoms with E-state index in [0.717, 1.165) is 16.5 Å². The molecular formula is C20H25NO6. The van der Waals surface area contributed by atoms with E-state index in [2.05, 4.69) is 4.98 Å². The first kappa shape index (κ1) is 20.5. The molecular weight excluding hydrogens is 350 g/mol. The minimum atomic E-state index is -0.907. The zero-order valence-electron chi connectivity index (χ0n) is 16.7. The molecule has 0 fully saturated rings. The predicted molar refractivity (Wildman–Crippen MR) is 100 cm³/mol. The number of ether oxygens (including phenoxy) is 4. The van der Waals surface area contributed by atoms with Crippen LogP contribution in [0.15, 0.2) is 24.4 Å². The van der Waals surface area contributed by atoms with Gasteiger partial charge in [-0.25, -0.2) is 9.59 Å². The molecule has 0 unspecified atom stereocenters. The number of hydrogen-bond acceptors (Lipinski definition) is 7. The van der Waals surface area contributed by atoms with Crippen molar-refractivity contribution in [3.8, 4) is 11.5 Å². The Hall–Kier alpha value is -2.83. The summed E-state index contributed by atoms with van der Waals surface area (Å²) in [6, 6.07) is 4.98. The van der Waals surface area contributed by atoms with Crippen LogP contribution in [0.4, 0.5) is 9.59 Å². The lowest BCUT2D eigenvalue weighted by molar-refractivity contribution is 0.0138. The average Bonchev–Trinajstić information content (AvgIpc) is 2.44.